The van der Waals surface area contributed by atoms with Crippen LogP contribution in [0.2, 0.25) is 0 Å². The van der Waals surface area contributed by atoms with E-state index in [2.05, 4.69) is 4.90 Å². The summed E-state index contributed by atoms with van der Waals surface area (Å²) in [6.45, 7) is 9.03. The number of ether oxygens (including phenoxy) is 1. The van der Waals surface area contributed by atoms with Gasteiger partial charge in [-0.2, -0.15) is 0 Å². The number of hydrogen-bond donors (Lipinski definition) is 0. The molecule has 0 aromatic heterocycles. The highest BCUT2D eigenvalue weighted by atomic mass is 19.1. The van der Waals surface area contributed by atoms with Crippen LogP contribution < -0.4 is 0 Å². The summed E-state index contributed by atoms with van der Waals surface area (Å²) >= 11 is 0. The van der Waals surface area contributed by atoms with Crippen LogP contribution in [0.1, 0.15) is 44.7 Å². The molecule has 1 fully saturated rings. The number of nitrogens with zero attached hydrogens (tertiary/aromatic N) is 1. The Morgan fingerprint density at radius 1 is 1.43 bits per heavy atom. The van der Waals surface area contributed by atoms with E-state index in [1.807, 2.05) is 27.7 Å². The zero-order chi connectivity index (χ0) is 15.6. The average Bonchev–Trinajstić information content (AvgIpc) is 2.80. The highest BCUT2D eigenvalue weighted by Crippen LogP contribution is 2.24. The minimum atomic E-state index is -0.472. The zero-order valence-electron chi connectivity index (χ0n) is 13.3. The summed E-state index contributed by atoms with van der Waals surface area (Å²) in [5.41, 5.74) is 1.51. The van der Waals surface area contributed by atoms with Gasteiger partial charge in [0.05, 0.1) is 0 Å². The second-order valence-corrected chi connectivity index (χ2v) is 6.73. The number of hydrogen-bond acceptors (Lipinski definition) is 3. The second-order valence-electron chi connectivity index (χ2n) is 6.73. The zero-order valence-corrected chi connectivity index (χ0v) is 13.3. The van der Waals surface area contributed by atoms with E-state index in [-0.39, 0.29) is 17.8 Å². The van der Waals surface area contributed by atoms with Gasteiger partial charge in [-0.3, -0.25) is 9.69 Å². The van der Waals surface area contributed by atoms with Crippen molar-refractivity contribution >= 4 is 5.97 Å². The van der Waals surface area contributed by atoms with Gasteiger partial charge in [0.25, 0.3) is 0 Å². The molecular formula is C17H24FNO2. The van der Waals surface area contributed by atoms with Crippen molar-refractivity contribution in [1.82, 2.24) is 4.90 Å². The molecule has 1 aliphatic rings. The first-order valence-corrected chi connectivity index (χ1v) is 7.48. The van der Waals surface area contributed by atoms with Crippen LogP contribution in [0.25, 0.3) is 0 Å². The predicted molar refractivity (Wildman–Crippen MR) is 80.4 cm³/mol. The molecule has 1 aliphatic heterocycles. The summed E-state index contributed by atoms with van der Waals surface area (Å²) in [6, 6.07) is 4.59. The quantitative estimate of drug-likeness (QED) is 0.800. The molecule has 116 valence electrons. The number of esters is 1. The molecule has 0 bridgehead atoms. The molecule has 4 heteroatoms. The molecule has 0 aliphatic carbocycles. The third-order valence-corrected chi connectivity index (χ3v) is 3.73. The van der Waals surface area contributed by atoms with Crippen LogP contribution in [0.4, 0.5) is 4.39 Å². The van der Waals surface area contributed by atoms with Crippen LogP contribution in [0, 0.1) is 12.7 Å². The highest BCUT2D eigenvalue weighted by molar-refractivity contribution is 5.76. The Balaban J connectivity index is 2.08. The van der Waals surface area contributed by atoms with Crippen molar-refractivity contribution in [2.24, 2.45) is 0 Å². The minimum Gasteiger partial charge on any atom is -0.459 e. The largest absolute Gasteiger partial charge is 0.459 e. The monoisotopic (exact) mass is 293 g/mol. The van der Waals surface area contributed by atoms with Gasteiger partial charge in [0.15, 0.2) is 0 Å². The van der Waals surface area contributed by atoms with Crippen LogP contribution in [0.5, 0.6) is 0 Å². The lowest BCUT2D eigenvalue weighted by molar-refractivity contribution is -0.160. The molecule has 0 spiro atoms. The fourth-order valence-corrected chi connectivity index (χ4v) is 2.68. The molecule has 0 N–H and O–H groups in total. The second kappa shape index (κ2) is 6.14. The maximum Gasteiger partial charge on any atom is 0.323 e. The lowest BCUT2D eigenvalue weighted by Gasteiger charge is -2.27. The van der Waals surface area contributed by atoms with Crippen LogP contribution in [-0.4, -0.2) is 29.1 Å². The number of carbonyl (C=O) groups excluding carboxylic acids is 1. The number of likely N-dealkylation sites (tertiary alicyclic amines) is 1. The van der Waals surface area contributed by atoms with Crippen LogP contribution in [-0.2, 0) is 16.1 Å². The minimum absolute atomic E-state index is 0.172. The normalized spacial score (nSPS) is 19.8. The molecule has 1 aromatic rings. The molecule has 0 radical (unpaired) electrons. The van der Waals surface area contributed by atoms with Gasteiger partial charge in [0.2, 0.25) is 0 Å². The smallest absolute Gasteiger partial charge is 0.323 e. The Bertz CT molecular complexity index is 522. The first kappa shape index (κ1) is 16.0. The lowest BCUT2D eigenvalue weighted by atomic mass is 10.1. The lowest BCUT2D eigenvalue weighted by Crippen LogP contribution is -2.40. The Morgan fingerprint density at radius 2 is 2.14 bits per heavy atom. The first-order chi connectivity index (χ1) is 9.76. The molecule has 21 heavy (non-hydrogen) atoms. The van der Waals surface area contributed by atoms with Gasteiger partial charge < -0.3 is 4.74 Å². The van der Waals surface area contributed by atoms with Crippen molar-refractivity contribution in [3.05, 3.63) is 35.1 Å². The Kier molecular flexibility index (Phi) is 4.67. The fraction of sp³-hybridized carbons (Fsp3) is 0.588. The molecule has 1 atom stereocenters. The van der Waals surface area contributed by atoms with E-state index in [1.165, 1.54) is 6.07 Å². The van der Waals surface area contributed by atoms with Gasteiger partial charge in [-0.15, -0.1) is 0 Å². The molecule has 3 nitrogen and oxygen atoms in total. The van der Waals surface area contributed by atoms with Crippen molar-refractivity contribution in [3.63, 3.8) is 0 Å². The van der Waals surface area contributed by atoms with Gasteiger partial charge in [0.1, 0.15) is 17.5 Å². The van der Waals surface area contributed by atoms with E-state index in [1.54, 1.807) is 12.1 Å². The van der Waals surface area contributed by atoms with Crippen molar-refractivity contribution in [3.8, 4) is 0 Å². The SMILES string of the molecule is Cc1ccc(F)cc1CN1CCC[C@H]1C(=O)OC(C)(C)C. The van der Waals surface area contributed by atoms with E-state index in [0.29, 0.717) is 6.54 Å². The molecule has 2 rings (SSSR count). The van der Waals surface area contributed by atoms with Crippen molar-refractivity contribution in [1.29, 1.82) is 0 Å². The van der Waals surface area contributed by atoms with E-state index in [9.17, 15) is 9.18 Å². The molecule has 1 saturated heterocycles. The van der Waals surface area contributed by atoms with Crippen molar-refractivity contribution in [2.45, 2.75) is 58.7 Å². The Hall–Kier alpha value is -1.42. The number of carbonyl (C=O) groups is 1. The number of rotatable bonds is 3. The van der Waals surface area contributed by atoms with Gasteiger partial charge in [-0.05, 0) is 70.3 Å². The topological polar surface area (TPSA) is 29.5 Å². The van der Waals surface area contributed by atoms with Crippen LogP contribution in [0.15, 0.2) is 18.2 Å². The van der Waals surface area contributed by atoms with Gasteiger partial charge >= 0.3 is 5.97 Å². The number of aryl methyl sites for hydroxylation is 1. The third kappa shape index (κ3) is 4.27. The highest BCUT2D eigenvalue weighted by Gasteiger charge is 2.34. The summed E-state index contributed by atoms with van der Waals surface area (Å²) < 4.78 is 18.9. The summed E-state index contributed by atoms with van der Waals surface area (Å²) in [7, 11) is 0. The molecule has 0 unspecified atom stereocenters. The maximum absolute atomic E-state index is 13.4. The third-order valence-electron chi connectivity index (χ3n) is 3.73. The average molecular weight is 293 g/mol. The van der Waals surface area contributed by atoms with E-state index >= 15 is 0 Å². The van der Waals surface area contributed by atoms with Gasteiger partial charge in [-0.25, -0.2) is 4.39 Å². The molecule has 1 heterocycles. The van der Waals surface area contributed by atoms with E-state index in [4.69, 9.17) is 4.74 Å². The molecule has 0 amide bonds. The van der Waals surface area contributed by atoms with Gasteiger partial charge in [0, 0.05) is 6.54 Å². The van der Waals surface area contributed by atoms with Crippen molar-refractivity contribution in [2.75, 3.05) is 6.54 Å². The summed E-state index contributed by atoms with van der Waals surface area (Å²) in [5.74, 6) is -0.405. The van der Waals surface area contributed by atoms with Gasteiger partial charge in [-0.1, -0.05) is 6.07 Å². The molecular weight excluding hydrogens is 269 g/mol. The standard InChI is InChI=1S/C17H24FNO2/c1-12-7-8-14(18)10-13(12)11-19-9-5-6-15(19)16(20)21-17(2,3)4/h7-8,10,15H,5-6,9,11H2,1-4H3/t15-/m0/s1. The Labute approximate surface area is 126 Å². The van der Waals surface area contributed by atoms with Crippen LogP contribution >= 0.6 is 0 Å². The summed E-state index contributed by atoms with van der Waals surface area (Å²) in [4.78, 5) is 14.4. The number of benzene rings is 1. The number of halogens is 1. The van der Waals surface area contributed by atoms with E-state index in [0.717, 1.165) is 30.5 Å². The first-order valence-electron chi connectivity index (χ1n) is 7.48. The maximum atomic E-state index is 13.4. The predicted octanol–water partition coefficient (Wildman–Crippen LogP) is 3.44. The summed E-state index contributed by atoms with van der Waals surface area (Å²) in [5, 5.41) is 0. The summed E-state index contributed by atoms with van der Waals surface area (Å²) in [6.07, 6.45) is 1.78. The Morgan fingerprint density at radius 3 is 2.81 bits per heavy atom. The van der Waals surface area contributed by atoms with Crippen molar-refractivity contribution < 1.29 is 13.9 Å². The molecule has 0 saturated carbocycles. The fourth-order valence-electron chi connectivity index (χ4n) is 2.68. The van der Waals surface area contributed by atoms with E-state index < -0.39 is 5.60 Å². The molecule has 1 aromatic carbocycles. The van der Waals surface area contributed by atoms with Crippen LogP contribution in [0.3, 0.4) is 0 Å².